The number of aliphatic hydroxyl groups excluding tert-OH is 1. The Balaban J connectivity index is 2.61. The Morgan fingerprint density at radius 2 is 2.10 bits per heavy atom. The van der Waals surface area contributed by atoms with Crippen molar-refractivity contribution >= 4 is 25.4 Å². The van der Waals surface area contributed by atoms with Crippen LogP contribution in [0.3, 0.4) is 0 Å². The van der Waals surface area contributed by atoms with Crippen molar-refractivity contribution in [2.45, 2.75) is 51.2 Å². The Bertz CT molecular complexity index is 462. The van der Waals surface area contributed by atoms with Crippen LogP contribution in [0.5, 0.6) is 0 Å². The molecule has 0 aliphatic carbocycles. The zero-order valence-electron chi connectivity index (χ0n) is 12.6. The SMILES string of the molecule is CC(C)(O)[C@@H](O)c1ncc(C(=O)OCC[Si](C)(C)C)s1. The molecule has 0 spiro atoms. The maximum absolute atomic E-state index is 11.8. The predicted molar refractivity (Wildman–Crippen MR) is 81.8 cm³/mol. The number of hydrogen-bond acceptors (Lipinski definition) is 6. The van der Waals surface area contributed by atoms with Crippen molar-refractivity contribution in [2.24, 2.45) is 0 Å². The molecule has 114 valence electrons. The first kappa shape index (κ1) is 17.3. The third-order valence-electron chi connectivity index (χ3n) is 2.71. The van der Waals surface area contributed by atoms with Crippen LogP contribution in [-0.2, 0) is 4.74 Å². The number of ether oxygens (including phenoxy) is 1. The van der Waals surface area contributed by atoms with Crippen LogP contribution in [0.1, 0.15) is 34.6 Å². The van der Waals surface area contributed by atoms with E-state index in [2.05, 4.69) is 24.6 Å². The molecule has 0 radical (unpaired) electrons. The van der Waals surface area contributed by atoms with Gasteiger partial charge in [0.1, 0.15) is 16.0 Å². The summed E-state index contributed by atoms with van der Waals surface area (Å²) in [6, 6.07) is 0.913. The third-order valence-corrected chi connectivity index (χ3v) is 5.45. The van der Waals surface area contributed by atoms with Crippen LogP contribution in [0.2, 0.25) is 25.7 Å². The lowest BCUT2D eigenvalue weighted by molar-refractivity contribution is -0.0497. The first-order valence-electron chi connectivity index (χ1n) is 6.54. The zero-order valence-corrected chi connectivity index (χ0v) is 14.5. The highest BCUT2D eigenvalue weighted by Gasteiger charge is 2.29. The van der Waals surface area contributed by atoms with Crippen LogP contribution in [0.15, 0.2) is 6.20 Å². The molecule has 0 unspecified atom stereocenters. The van der Waals surface area contributed by atoms with E-state index in [4.69, 9.17) is 4.74 Å². The van der Waals surface area contributed by atoms with Crippen molar-refractivity contribution in [3.05, 3.63) is 16.1 Å². The number of aliphatic hydroxyl groups is 2. The fraction of sp³-hybridized carbons (Fsp3) is 0.692. The number of carbonyl (C=O) groups excluding carboxylic acids is 1. The van der Waals surface area contributed by atoms with Gasteiger partial charge >= 0.3 is 5.97 Å². The second kappa shape index (κ2) is 6.34. The number of nitrogens with zero attached hydrogens (tertiary/aromatic N) is 1. The van der Waals surface area contributed by atoms with E-state index in [1.54, 1.807) is 0 Å². The van der Waals surface area contributed by atoms with E-state index in [0.29, 0.717) is 16.5 Å². The van der Waals surface area contributed by atoms with Gasteiger partial charge in [-0.1, -0.05) is 19.6 Å². The summed E-state index contributed by atoms with van der Waals surface area (Å²) in [6.45, 7) is 10.0. The van der Waals surface area contributed by atoms with Crippen LogP contribution in [0.25, 0.3) is 0 Å². The summed E-state index contributed by atoms with van der Waals surface area (Å²) in [6.07, 6.45) is 0.266. The molecular weight excluding hydrogens is 294 g/mol. The molecule has 1 aromatic heterocycles. The van der Waals surface area contributed by atoms with Gasteiger partial charge in [-0.3, -0.25) is 0 Å². The van der Waals surface area contributed by atoms with E-state index < -0.39 is 25.7 Å². The molecule has 2 N–H and O–H groups in total. The smallest absolute Gasteiger partial charge is 0.349 e. The second-order valence-electron chi connectivity index (χ2n) is 6.57. The van der Waals surface area contributed by atoms with E-state index in [-0.39, 0.29) is 0 Å². The van der Waals surface area contributed by atoms with Gasteiger partial charge in [0.05, 0.1) is 18.4 Å². The van der Waals surface area contributed by atoms with Gasteiger partial charge in [-0.2, -0.15) is 0 Å². The van der Waals surface area contributed by atoms with Crippen molar-refractivity contribution in [3.8, 4) is 0 Å². The molecule has 0 aliphatic heterocycles. The maximum Gasteiger partial charge on any atom is 0.349 e. The summed E-state index contributed by atoms with van der Waals surface area (Å²) in [7, 11) is -1.23. The molecule has 1 rings (SSSR count). The predicted octanol–water partition coefficient (Wildman–Crippen LogP) is 2.44. The molecule has 0 saturated heterocycles. The average Bonchev–Trinajstić information content (AvgIpc) is 2.73. The van der Waals surface area contributed by atoms with Crippen LogP contribution in [0, 0.1) is 0 Å². The van der Waals surface area contributed by atoms with Crippen molar-refractivity contribution in [2.75, 3.05) is 6.61 Å². The first-order valence-corrected chi connectivity index (χ1v) is 11.1. The van der Waals surface area contributed by atoms with E-state index in [9.17, 15) is 15.0 Å². The Labute approximate surface area is 124 Å². The normalized spacial score (nSPS) is 14.2. The Kier molecular flexibility index (Phi) is 5.48. The standard InChI is InChI=1S/C13H23NO4SSi/c1-13(2,17)10(15)11-14-8-9(19-11)12(16)18-6-7-20(3,4)5/h8,10,15,17H,6-7H2,1-5H3/t10-/m0/s1. The van der Waals surface area contributed by atoms with Crippen molar-refractivity contribution < 1.29 is 19.7 Å². The number of esters is 1. The van der Waals surface area contributed by atoms with Gasteiger partial charge in [0.25, 0.3) is 0 Å². The Morgan fingerprint density at radius 1 is 1.50 bits per heavy atom. The highest BCUT2D eigenvalue weighted by Crippen LogP contribution is 2.28. The summed E-state index contributed by atoms with van der Waals surface area (Å²) in [4.78, 5) is 16.2. The van der Waals surface area contributed by atoms with E-state index in [1.807, 2.05) is 0 Å². The summed E-state index contributed by atoms with van der Waals surface area (Å²) in [5, 5.41) is 19.9. The monoisotopic (exact) mass is 317 g/mol. The summed E-state index contributed by atoms with van der Waals surface area (Å²) in [5.74, 6) is -0.421. The molecule has 0 bridgehead atoms. The van der Waals surface area contributed by atoms with Crippen LogP contribution < -0.4 is 0 Å². The molecule has 0 aliphatic rings. The highest BCUT2D eigenvalue weighted by molar-refractivity contribution is 7.13. The quantitative estimate of drug-likeness (QED) is 0.622. The van der Waals surface area contributed by atoms with Gasteiger partial charge in [0, 0.05) is 8.07 Å². The lowest BCUT2D eigenvalue weighted by Gasteiger charge is -2.22. The second-order valence-corrected chi connectivity index (χ2v) is 13.2. The third kappa shape index (κ3) is 5.32. The van der Waals surface area contributed by atoms with Gasteiger partial charge in [0.2, 0.25) is 0 Å². The topological polar surface area (TPSA) is 79.7 Å². The minimum Gasteiger partial charge on any atom is -0.462 e. The number of thiazole rings is 1. The van der Waals surface area contributed by atoms with Crippen LogP contribution in [0.4, 0.5) is 0 Å². The van der Waals surface area contributed by atoms with Crippen LogP contribution >= 0.6 is 11.3 Å². The molecule has 1 aromatic rings. The van der Waals surface area contributed by atoms with Gasteiger partial charge in [-0.25, -0.2) is 9.78 Å². The summed E-state index contributed by atoms with van der Waals surface area (Å²) < 4.78 is 5.20. The van der Waals surface area contributed by atoms with Crippen molar-refractivity contribution in [3.63, 3.8) is 0 Å². The number of aromatic nitrogens is 1. The number of rotatable bonds is 6. The van der Waals surface area contributed by atoms with E-state index in [1.165, 1.54) is 20.0 Å². The molecule has 1 heterocycles. The van der Waals surface area contributed by atoms with E-state index in [0.717, 1.165) is 17.4 Å². The molecule has 0 fully saturated rings. The fourth-order valence-electron chi connectivity index (χ4n) is 1.33. The summed E-state index contributed by atoms with van der Waals surface area (Å²) in [5.41, 5.74) is -1.29. The lowest BCUT2D eigenvalue weighted by atomic mass is 10.0. The maximum atomic E-state index is 11.8. The minimum atomic E-state index is -1.29. The van der Waals surface area contributed by atoms with Gasteiger partial charge < -0.3 is 14.9 Å². The molecular formula is C13H23NO4SSi. The number of carbonyl (C=O) groups is 1. The highest BCUT2D eigenvalue weighted by atomic mass is 32.1. The van der Waals surface area contributed by atoms with Crippen molar-refractivity contribution in [1.82, 2.24) is 4.98 Å². The van der Waals surface area contributed by atoms with Gasteiger partial charge in [-0.15, -0.1) is 11.3 Å². The molecule has 0 amide bonds. The average molecular weight is 317 g/mol. The first-order chi connectivity index (χ1) is 9.00. The Morgan fingerprint density at radius 3 is 2.60 bits per heavy atom. The van der Waals surface area contributed by atoms with Gasteiger partial charge in [-0.05, 0) is 19.9 Å². The molecule has 7 heteroatoms. The number of hydrogen-bond donors (Lipinski definition) is 2. The summed E-state index contributed by atoms with van der Waals surface area (Å²) >= 11 is 1.05. The largest absolute Gasteiger partial charge is 0.462 e. The van der Waals surface area contributed by atoms with E-state index >= 15 is 0 Å². The molecule has 5 nitrogen and oxygen atoms in total. The molecule has 1 atom stereocenters. The van der Waals surface area contributed by atoms with Crippen molar-refractivity contribution in [1.29, 1.82) is 0 Å². The minimum absolute atomic E-state index is 0.314. The molecule has 20 heavy (non-hydrogen) atoms. The molecule has 0 saturated carbocycles. The Hall–Kier alpha value is -0.763. The molecule has 0 aromatic carbocycles. The van der Waals surface area contributed by atoms with Gasteiger partial charge in [0.15, 0.2) is 0 Å². The lowest BCUT2D eigenvalue weighted by Crippen LogP contribution is -2.28. The zero-order chi connectivity index (χ0) is 15.6. The fourth-order valence-corrected chi connectivity index (χ4v) is 3.02. The van der Waals surface area contributed by atoms with Crippen LogP contribution in [-0.4, -0.2) is 41.4 Å².